The van der Waals surface area contributed by atoms with Crippen LogP contribution in [-0.4, -0.2) is 21.3 Å². The molecule has 1 heterocycles. The van der Waals surface area contributed by atoms with E-state index >= 15 is 0 Å². The number of nitrogens with two attached hydrogens (primary N) is 1. The van der Waals surface area contributed by atoms with Crippen LogP contribution in [-0.2, 0) is 0 Å². The normalized spacial score (nSPS) is 10.2. The number of H-pyrrole nitrogens is 1. The fraction of sp³-hybridized carbons (Fsp3) is 0. The van der Waals surface area contributed by atoms with Crippen LogP contribution >= 0.6 is 15.9 Å². The van der Waals surface area contributed by atoms with Crippen molar-refractivity contribution in [2.45, 2.75) is 0 Å². The van der Waals surface area contributed by atoms with Crippen molar-refractivity contribution < 1.29 is 4.79 Å². The van der Waals surface area contributed by atoms with Gasteiger partial charge in [-0.25, -0.2) is 0 Å². The van der Waals surface area contributed by atoms with Gasteiger partial charge in [0, 0.05) is 10.0 Å². The molecule has 2 rings (SSSR count). The summed E-state index contributed by atoms with van der Waals surface area (Å²) in [4.78, 5) is 11.1. The van der Waals surface area contributed by atoms with E-state index in [-0.39, 0.29) is 5.69 Å². The van der Waals surface area contributed by atoms with E-state index in [2.05, 4.69) is 31.3 Å². The van der Waals surface area contributed by atoms with Gasteiger partial charge in [0.15, 0.2) is 5.69 Å². The fourth-order valence-electron chi connectivity index (χ4n) is 1.24. The number of nitrogens with one attached hydrogen (secondary N) is 1. The molecule has 15 heavy (non-hydrogen) atoms. The molecular formula is C9H7BrN4O. The van der Waals surface area contributed by atoms with Crippen molar-refractivity contribution in [3.05, 3.63) is 34.4 Å². The molecule has 0 spiro atoms. The summed E-state index contributed by atoms with van der Waals surface area (Å²) in [6, 6.07) is 7.40. The molecule has 1 amide bonds. The van der Waals surface area contributed by atoms with Crippen LogP contribution in [0.3, 0.4) is 0 Å². The van der Waals surface area contributed by atoms with E-state index in [4.69, 9.17) is 5.73 Å². The molecule has 5 nitrogen and oxygen atoms in total. The second kappa shape index (κ2) is 3.82. The first kappa shape index (κ1) is 9.85. The van der Waals surface area contributed by atoms with Crippen LogP contribution in [0.25, 0.3) is 11.3 Å². The van der Waals surface area contributed by atoms with E-state index in [1.165, 1.54) is 0 Å². The Bertz CT molecular complexity index is 508. The number of hydrogen-bond donors (Lipinski definition) is 2. The molecule has 6 heteroatoms. The summed E-state index contributed by atoms with van der Waals surface area (Å²) in [5, 5.41) is 9.99. The molecule has 0 aliphatic carbocycles. The first-order valence-electron chi connectivity index (χ1n) is 4.15. The number of benzene rings is 1. The molecule has 0 bridgehead atoms. The number of carbonyl (C=O) groups is 1. The van der Waals surface area contributed by atoms with E-state index < -0.39 is 5.91 Å². The van der Waals surface area contributed by atoms with Crippen LogP contribution in [0.4, 0.5) is 0 Å². The van der Waals surface area contributed by atoms with Gasteiger partial charge in [0.05, 0.1) is 0 Å². The third kappa shape index (κ3) is 1.75. The van der Waals surface area contributed by atoms with Crippen molar-refractivity contribution >= 4 is 21.8 Å². The number of rotatable bonds is 2. The van der Waals surface area contributed by atoms with Gasteiger partial charge < -0.3 is 5.73 Å². The molecule has 2 aromatic rings. The summed E-state index contributed by atoms with van der Waals surface area (Å²) < 4.78 is 0.835. The van der Waals surface area contributed by atoms with Gasteiger partial charge in [0.1, 0.15) is 5.69 Å². The van der Waals surface area contributed by atoms with Crippen LogP contribution in [0.1, 0.15) is 10.5 Å². The fourth-order valence-corrected chi connectivity index (χ4v) is 1.72. The van der Waals surface area contributed by atoms with Gasteiger partial charge in [0.2, 0.25) is 0 Å². The van der Waals surface area contributed by atoms with Crippen LogP contribution < -0.4 is 5.73 Å². The van der Waals surface area contributed by atoms with Crippen molar-refractivity contribution in [2.24, 2.45) is 5.73 Å². The summed E-state index contributed by atoms with van der Waals surface area (Å²) in [6.07, 6.45) is 0. The van der Waals surface area contributed by atoms with Crippen molar-refractivity contribution in [3.8, 4) is 11.3 Å². The van der Waals surface area contributed by atoms with E-state index in [0.717, 1.165) is 10.0 Å². The highest BCUT2D eigenvalue weighted by Crippen LogP contribution is 2.27. The summed E-state index contributed by atoms with van der Waals surface area (Å²) in [5.41, 5.74) is 6.54. The first-order chi connectivity index (χ1) is 7.20. The lowest BCUT2D eigenvalue weighted by atomic mass is 10.1. The molecule has 76 valence electrons. The van der Waals surface area contributed by atoms with E-state index in [1.807, 2.05) is 24.3 Å². The number of halogens is 1. The molecule has 0 radical (unpaired) electrons. The number of hydrogen-bond acceptors (Lipinski definition) is 3. The van der Waals surface area contributed by atoms with Crippen LogP contribution in [0.5, 0.6) is 0 Å². The average molecular weight is 267 g/mol. The van der Waals surface area contributed by atoms with Crippen molar-refractivity contribution in [1.82, 2.24) is 15.4 Å². The highest BCUT2D eigenvalue weighted by Gasteiger charge is 2.16. The minimum absolute atomic E-state index is 0.141. The third-order valence-electron chi connectivity index (χ3n) is 1.91. The zero-order valence-corrected chi connectivity index (χ0v) is 9.15. The molecule has 1 aromatic carbocycles. The zero-order valence-electron chi connectivity index (χ0n) is 7.57. The summed E-state index contributed by atoms with van der Waals surface area (Å²) in [5.74, 6) is -0.602. The maximum Gasteiger partial charge on any atom is 0.271 e. The highest BCUT2D eigenvalue weighted by atomic mass is 79.9. The zero-order chi connectivity index (χ0) is 10.8. The monoisotopic (exact) mass is 266 g/mol. The standard InChI is InChI=1S/C9H7BrN4O/c10-6-4-2-1-3-5(6)7-8(9(11)15)13-14-12-7/h1-4H,(H2,11,15)(H,12,13,14). The first-order valence-corrected chi connectivity index (χ1v) is 4.95. The van der Waals surface area contributed by atoms with Crippen molar-refractivity contribution in [2.75, 3.05) is 0 Å². The molecule has 0 aliphatic rings. The Balaban J connectivity index is 2.59. The predicted octanol–water partition coefficient (Wildman–Crippen LogP) is 1.33. The second-order valence-electron chi connectivity index (χ2n) is 2.86. The Morgan fingerprint density at radius 3 is 2.73 bits per heavy atom. The number of amides is 1. The average Bonchev–Trinajstić information content (AvgIpc) is 2.67. The Morgan fingerprint density at radius 2 is 2.07 bits per heavy atom. The minimum atomic E-state index is -0.602. The van der Waals surface area contributed by atoms with Crippen LogP contribution in [0, 0.1) is 0 Å². The quantitative estimate of drug-likeness (QED) is 0.860. The molecule has 1 aromatic heterocycles. The molecule has 0 aliphatic heterocycles. The lowest BCUT2D eigenvalue weighted by molar-refractivity contribution is 0.0996. The Hall–Kier alpha value is -1.69. The highest BCUT2D eigenvalue weighted by molar-refractivity contribution is 9.10. The molecule has 0 fully saturated rings. The number of aromatic nitrogens is 3. The van der Waals surface area contributed by atoms with Crippen molar-refractivity contribution in [3.63, 3.8) is 0 Å². The SMILES string of the molecule is NC(=O)c1n[nH]nc1-c1ccccc1Br. The smallest absolute Gasteiger partial charge is 0.271 e. The third-order valence-corrected chi connectivity index (χ3v) is 2.60. The lowest BCUT2D eigenvalue weighted by Crippen LogP contribution is -2.12. The van der Waals surface area contributed by atoms with Crippen molar-refractivity contribution in [1.29, 1.82) is 0 Å². The number of carbonyl (C=O) groups excluding carboxylic acids is 1. The molecule has 0 saturated heterocycles. The lowest BCUT2D eigenvalue weighted by Gasteiger charge is -2.00. The maximum atomic E-state index is 11.1. The number of primary amides is 1. The van der Waals surface area contributed by atoms with Gasteiger partial charge >= 0.3 is 0 Å². The Kier molecular flexibility index (Phi) is 2.51. The maximum absolute atomic E-state index is 11.1. The Morgan fingerprint density at radius 1 is 1.33 bits per heavy atom. The van der Waals surface area contributed by atoms with Gasteiger partial charge in [-0.05, 0) is 6.07 Å². The predicted molar refractivity (Wildman–Crippen MR) is 58.0 cm³/mol. The largest absolute Gasteiger partial charge is 0.364 e. The molecule has 0 atom stereocenters. The summed E-state index contributed by atoms with van der Waals surface area (Å²) in [6.45, 7) is 0. The van der Waals surface area contributed by atoms with Crippen LogP contribution in [0.2, 0.25) is 0 Å². The number of aromatic amines is 1. The van der Waals surface area contributed by atoms with Gasteiger partial charge in [-0.3, -0.25) is 4.79 Å². The Labute approximate surface area is 93.8 Å². The van der Waals surface area contributed by atoms with E-state index in [9.17, 15) is 4.79 Å². The summed E-state index contributed by atoms with van der Waals surface area (Å²) >= 11 is 3.37. The molecule has 3 N–H and O–H groups in total. The van der Waals surface area contributed by atoms with Gasteiger partial charge in [0.25, 0.3) is 5.91 Å². The topological polar surface area (TPSA) is 84.7 Å². The molecular weight excluding hydrogens is 260 g/mol. The molecule has 0 saturated carbocycles. The summed E-state index contributed by atoms with van der Waals surface area (Å²) in [7, 11) is 0. The minimum Gasteiger partial charge on any atom is -0.364 e. The van der Waals surface area contributed by atoms with Crippen LogP contribution in [0.15, 0.2) is 28.7 Å². The number of nitrogens with zero attached hydrogens (tertiary/aromatic N) is 2. The van der Waals surface area contributed by atoms with E-state index in [0.29, 0.717) is 5.69 Å². The van der Waals surface area contributed by atoms with Gasteiger partial charge in [-0.2, -0.15) is 15.4 Å². The second-order valence-corrected chi connectivity index (χ2v) is 3.72. The molecule has 0 unspecified atom stereocenters. The van der Waals surface area contributed by atoms with E-state index in [1.54, 1.807) is 0 Å². The van der Waals surface area contributed by atoms with Gasteiger partial charge in [-0.15, -0.1) is 0 Å². The van der Waals surface area contributed by atoms with Gasteiger partial charge in [-0.1, -0.05) is 34.1 Å².